The van der Waals surface area contributed by atoms with Crippen LogP contribution in [0, 0.1) is 0 Å². The molecule has 0 unspecified atom stereocenters. The Morgan fingerprint density at radius 2 is 1.78 bits per heavy atom. The predicted octanol–water partition coefficient (Wildman–Crippen LogP) is 4.23. The first kappa shape index (κ1) is 17.8. The van der Waals surface area contributed by atoms with Crippen molar-refractivity contribution >= 4 is 39.0 Å². The standard InChI is InChI=1S/C13H9Cl2F3N2O2S/c1-20(12-5-3-9(14)7-19-12)23(21,22)11-6-8(13(16,17)18)2-4-10(11)15/h2-7H,1H3. The smallest absolute Gasteiger partial charge is 0.253 e. The van der Waals surface area contributed by atoms with Gasteiger partial charge in [-0.15, -0.1) is 0 Å². The average molecular weight is 385 g/mol. The van der Waals surface area contributed by atoms with Crippen molar-refractivity contribution < 1.29 is 21.6 Å². The Hall–Kier alpha value is -1.51. The molecule has 0 bridgehead atoms. The van der Waals surface area contributed by atoms with E-state index in [-0.39, 0.29) is 15.9 Å². The lowest BCUT2D eigenvalue weighted by Gasteiger charge is -2.20. The van der Waals surface area contributed by atoms with Crippen LogP contribution in [0.4, 0.5) is 19.0 Å². The van der Waals surface area contributed by atoms with E-state index in [0.717, 1.165) is 17.4 Å². The van der Waals surface area contributed by atoms with Crippen molar-refractivity contribution in [1.29, 1.82) is 0 Å². The third-order valence-corrected chi connectivity index (χ3v) is 5.40. The summed E-state index contributed by atoms with van der Waals surface area (Å²) in [4.78, 5) is 3.16. The highest BCUT2D eigenvalue weighted by molar-refractivity contribution is 7.92. The van der Waals surface area contributed by atoms with Gasteiger partial charge in [0.1, 0.15) is 10.7 Å². The first-order valence-corrected chi connectivity index (χ1v) is 8.20. The molecule has 1 aromatic carbocycles. The fraction of sp³-hybridized carbons (Fsp3) is 0.154. The second-order valence-electron chi connectivity index (χ2n) is 4.45. The number of nitrogens with zero attached hydrogens (tertiary/aromatic N) is 2. The summed E-state index contributed by atoms with van der Waals surface area (Å²) in [7, 11) is -3.17. The number of alkyl halides is 3. The monoisotopic (exact) mass is 384 g/mol. The van der Waals surface area contributed by atoms with Crippen molar-refractivity contribution in [1.82, 2.24) is 4.98 Å². The highest BCUT2D eigenvalue weighted by Crippen LogP contribution is 2.34. The molecule has 0 aliphatic carbocycles. The van der Waals surface area contributed by atoms with Crippen LogP contribution >= 0.6 is 23.2 Å². The van der Waals surface area contributed by atoms with Crippen molar-refractivity contribution in [2.24, 2.45) is 0 Å². The second-order valence-corrected chi connectivity index (χ2v) is 7.23. The normalized spacial score (nSPS) is 12.3. The van der Waals surface area contributed by atoms with Gasteiger partial charge < -0.3 is 0 Å². The molecule has 0 atom stereocenters. The molecule has 10 heteroatoms. The van der Waals surface area contributed by atoms with Crippen LogP contribution in [-0.4, -0.2) is 20.4 Å². The van der Waals surface area contributed by atoms with E-state index >= 15 is 0 Å². The Labute approximate surface area is 140 Å². The van der Waals surface area contributed by atoms with Gasteiger partial charge >= 0.3 is 6.18 Å². The number of rotatable bonds is 3. The lowest BCUT2D eigenvalue weighted by atomic mass is 10.2. The molecule has 0 N–H and O–H groups in total. The van der Waals surface area contributed by atoms with Crippen LogP contribution in [0.2, 0.25) is 10.0 Å². The Morgan fingerprint density at radius 1 is 1.13 bits per heavy atom. The molecule has 0 aliphatic heterocycles. The van der Waals surface area contributed by atoms with Gasteiger partial charge in [0.2, 0.25) is 0 Å². The second kappa shape index (κ2) is 6.18. The van der Waals surface area contributed by atoms with Crippen molar-refractivity contribution in [3.63, 3.8) is 0 Å². The van der Waals surface area contributed by atoms with E-state index < -0.39 is 26.7 Å². The lowest BCUT2D eigenvalue weighted by molar-refractivity contribution is -0.137. The topological polar surface area (TPSA) is 50.3 Å². The van der Waals surface area contributed by atoms with E-state index in [1.807, 2.05) is 0 Å². The van der Waals surface area contributed by atoms with Gasteiger partial charge in [-0.1, -0.05) is 23.2 Å². The number of benzene rings is 1. The maximum absolute atomic E-state index is 12.8. The van der Waals surface area contributed by atoms with Gasteiger partial charge in [-0.05, 0) is 30.3 Å². The minimum absolute atomic E-state index is 0.0112. The Kier molecular flexibility index (Phi) is 4.79. The van der Waals surface area contributed by atoms with Crippen LogP contribution in [0.1, 0.15) is 5.56 Å². The summed E-state index contributed by atoms with van der Waals surface area (Å²) in [6, 6.07) is 4.82. The van der Waals surface area contributed by atoms with Crippen molar-refractivity contribution in [3.8, 4) is 0 Å². The van der Waals surface area contributed by atoms with Crippen LogP contribution in [0.15, 0.2) is 41.4 Å². The van der Waals surface area contributed by atoms with Gasteiger partial charge in [0.05, 0.1) is 15.6 Å². The Morgan fingerprint density at radius 3 is 2.30 bits per heavy atom. The number of hydrogen-bond acceptors (Lipinski definition) is 3. The zero-order valence-electron chi connectivity index (χ0n) is 11.5. The number of anilines is 1. The van der Waals surface area contributed by atoms with Crippen molar-refractivity contribution in [3.05, 3.63) is 52.1 Å². The number of halogens is 5. The highest BCUT2D eigenvalue weighted by atomic mass is 35.5. The molecule has 4 nitrogen and oxygen atoms in total. The van der Waals surface area contributed by atoms with Crippen LogP contribution in [0.25, 0.3) is 0 Å². The van der Waals surface area contributed by atoms with Gasteiger partial charge in [-0.25, -0.2) is 13.4 Å². The fourth-order valence-electron chi connectivity index (χ4n) is 1.70. The van der Waals surface area contributed by atoms with Gasteiger partial charge in [0.15, 0.2) is 0 Å². The summed E-state index contributed by atoms with van der Waals surface area (Å²) in [5.74, 6) is -0.0112. The fourth-order valence-corrected chi connectivity index (χ4v) is 3.46. The van der Waals surface area contributed by atoms with E-state index in [1.165, 1.54) is 18.3 Å². The number of pyridine rings is 1. The molecule has 1 heterocycles. The minimum Gasteiger partial charge on any atom is -0.253 e. The van der Waals surface area contributed by atoms with E-state index in [0.29, 0.717) is 12.1 Å². The van der Waals surface area contributed by atoms with Crippen molar-refractivity contribution in [2.75, 3.05) is 11.4 Å². The summed E-state index contributed by atoms with van der Waals surface area (Å²) < 4.78 is 64.1. The molecule has 2 aromatic rings. The first-order valence-electron chi connectivity index (χ1n) is 6.00. The van der Waals surface area contributed by atoms with Gasteiger partial charge in [-0.2, -0.15) is 13.2 Å². The molecule has 0 saturated heterocycles. The molecule has 23 heavy (non-hydrogen) atoms. The molecule has 0 spiro atoms. The van der Waals surface area contributed by atoms with E-state index in [1.54, 1.807) is 0 Å². The summed E-state index contributed by atoms with van der Waals surface area (Å²) in [5, 5.41) is -0.0320. The largest absolute Gasteiger partial charge is 0.416 e. The quantitative estimate of drug-likeness (QED) is 0.795. The minimum atomic E-state index is -4.69. The molecule has 0 radical (unpaired) electrons. The zero-order chi connectivity index (χ0) is 17.4. The summed E-state index contributed by atoms with van der Waals surface area (Å²) in [6.07, 6.45) is -3.47. The van der Waals surface area contributed by atoms with Gasteiger partial charge in [0.25, 0.3) is 10.0 Å². The highest BCUT2D eigenvalue weighted by Gasteiger charge is 2.34. The molecule has 0 aliphatic rings. The SMILES string of the molecule is CN(c1ccc(Cl)cn1)S(=O)(=O)c1cc(C(F)(F)F)ccc1Cl. The van der Waals surface area contributed by atoms with E-state index in [9.17, 15) is 21.6 Å². The third kappa shape index (κ3) is 3.70. The van der Waals surface area contributed by atoms with Crippen LogP contribution in [-0.2, 0) is 16.2 Å². The van der Waals surface area contributed by atoms with Gasteiger partial charge in [0, 0.05) is 13.2 Å². The molecule has 124 valence electrons. The first-order chi connectivity index (χ1) is 10.5. The number of sulfonamides is 1. The zero-order valence-corrected chi connectivity index (χ0v) is 13.8. The maximum atomic E-state index is 12.8. The van der Waals surface area contributed by atoms with E-state index in [4.69, 9.17) is 23.2 Å². The average Bonchev–Trinajstić information content (AvgIpc) is 2.46. The summed E-state index contributed by atoms with van der Waals surface area (Å²) >= 11 is 11.4. The van der Waals surface area contributed by atoms with E-state index in [2.05, 4.69) is 4.98 Å². The summed E-state index contributed by atoms with van der Waals surface area (Å²) in [6.45, 7) is 0. The maximum Gasteiger partial charge on any atom is 0.416 e. The Balaban J connectivity index is 2.53. The van der Waals surface area contributed by atoms with Crippen LogP contribution in [0.3, 0.4) is 0 Å². The molecule has 0 amide bonds. The Bertz CT molecular complexity index is 824. The van der Waals surface area contributed by atoms with Crippen LogP contribution in [0.5, 0.6) is 0 Å². The molecular weight excluding hydrogens is 376 g/mol. The molecule has 1 aromatic heterocycles. The summed E-state index contributed by atoms with van der Waals surface area (Å²) in [5.41, 5.74) is -1.11. The third-order valence-electron chi connectivity index (χ3n) is 2.93. The molecule has 2 rings (SSSR count). The van der Waals surface area contributed by atoms with Crippen LogP contribution < -0.4 is 4.31 Å². The number of aromatic nitrogens is 1. The number of hydrogen-bond donors (Lipinski definition) is 0. The molecule has 0 fully saturated rings. The molecule has 0 saturated carbocycles. The molecular formula is C13H9Cl2F3N2O2S. The lowest BCUT2D eigenvalue weighted by Crippen LogP contribution is -2.28. The predicted molar refractivity (Wildman–Crippen MR) is 81.3 cm³/mol. The van der Waals surface area contributed by atoms with Gasteiger partial charge in [-0.3, -0.25) is 4.31 Å². The van der Waals surface area contributed by atoms with Crippen molar-refractivity contribution in [2.45, 2.75) is 11.1 Å².